The van der Waals surface area contributed by atoms with Gasteiger partial charge in [0, 0.05) is 43.8 Å². The monoisotopic (exact) mass is 603 g/mol. The number of nitrogens with zero attached hydrogens (tertiary/aromatic N) is 7. The predicted octanol–water partition coefficient (Wildman–Crippen LogP) is 4.62. The van der Waals surface area contributed by atoms with Crippen LogP contribution in [0.3, 0.4) is 0 Å². The second kappa shape index (κ2) is 12.0. The molecule has 4 aromatic rings. The molecular weight excluding hydrogens is 567 g/mol. The first-order chi connectivity index (χ1) is 19.0. The largest absolute Gasteiger partial charge is 0.361 e. The van der Waals surface area contributed by atoms with Crippen molar-refractivity contribution in [1.82, 2.24) is 39.5 Å². The first-order valence-electron chi connectivity index (χ1n) is 13.5. The lowest BCUT2D eigenvalue weighted by molar-refractivity contribution is 0.0899. The molecular formula is C25H37N9O3S2Si. The van der Waals surface area contributed by atoms with Gasteiger partial charge in [0.2, 0.25) is 16.0 Å². The third-order valence-corrected chi connectivity index (χ3v) is 10.4. The Bertz CT molecular complexity index is 1540. The average molecular weight is 604 g/mol. The minimum absolute atomic E-state index is 0.145. The summed E-state index contributed by atoms with van der Waals surface area (Å²) in [6.45, 7) is 8.31. The van der Waals surface area contributed by atoms with E-state index in [1.54, 1.807) is 18.1 Å². The fourth-order valence-corrected chi connectivity index (χ4v) is 7.04. The number of H-pyrrole nitrogens is 1. The second-order valence-corrected chi connectivity index (χ2v) is 20.0. The Kier molecular flexibility index (Phi) is 8.63. The zero-order valence-corrected chi connectivity index (χ0v) is 26.0. The van der Waals surface area contributed by atoms with E-state index in [2.05, 4.69) is 66.5 Å². The van der Waals surface area contributed by atoms with Crippen LogP contribution in [0, 0.1) is 5.92 Å². The normalized spacial score (nSPS) is 18.4. The van der Waals surface area contributed by atoms with Crippen LogP contribution in [0.2, 0.25) is 25.7 Å². The van der Waals surface area contributed by atoms with Gasteiger partial charge in [0.25, 0.3) is 0 Å². The van der Waals surface area contributed by atoms with E-state index in [-0.39, 0.29) is 5.95 Å². The number of rotatable bonds is 12. The van der Waals surface area contributed by atoms with Gasteiger partial charge in [-0.1, -0.05) is 31.4 Å². The second-order valence-electron chi connectivity index (χ2n) is 11.6. The summed E-state index contributed by atoms with van der Waals surface area (Å²) < 4.78 is 35.1. The maximum atomic E-state index is 11.3. The molecule has 0 aliphatic heterocycles. The van der Waals surface area contributed by atoms with Gasteiger partial charge in [-0.25, -0.2) is 18.4 Å². The molecule has 12 nitrogen and oxygen atoms in total. The van der Waals surface area contributed by atoms with Gasteiger partial charge in [-0.2, -0.15) is 5.10 Å². The fraction of sp³-hybridized carbons (Fsp3) is 0.560. The molecule has 4 heterocycles. The van der Waals surface area contributed by atoms with E-state index >= 15 is 0 Å². The summed E-state index contributed by atoms with van der Waals surface area (Å²) in [4.78, 5) is 12.0. The van der Waals surface area contributed by atoms with Gasteiger partial charge in [0.15, 0.2) is 5.16 Å². The number of aromatic nitrogens is 8. The number of aromatic amines is 1. The number of anilines is 1. The predicted molar refractivity (Wildman–Crippen MR) is 159 cm³/mol. The molecule has 0 aromatic carbocycles. The number of thioether (sulfide) groups is 1. The van der Waals surface area contributed by atoms with Crippen molar-refractivity contribution in [2.45, 2.75) is 69.3 Å². The van der Waals surface area contributed by atoms with E-state index in [1.807, 2.05) is 17.0 Å². The summed E-state index contributed by atoms with van der Waals surface area (Å²) in [5.41, 5.74) is 2.75. The Hall–Kier alpha value is -2.75. The SMILES string of the molecule is C[Si](C)(C)CCOCn1ccc2c(-c3cnn(C4CCC(CSc5nnc(NS(C)(=O)=O)[nH]5)CC4)c3)ncnc21. The number of fused-ring (bicyclic) bond motifs is 1. The fourth-order valence-electron chi connectivity index (χ4n) is 4.85. The average Bonchev–Trinajstić information content (AvgIpc) is 3.64. The Morgan fingerprint density at radius 1 is 1.18 bits per heavy atom. The molecule has 0 atom stereocenters. The van der Waals surface area contributed by atoms with Crippen LogP contribution in [0.25, 0.3) is 22.3 Å². The molecule has 216 valence electrons. The minimum Gasteiger partial charge on any atom is -0.361 e. The van der Waals surface area contributed by atoms with E-state index < -0.39 is 18.1 Å². The number of hydrogen-bond acceptors (Lipinski definition) is 9. The first kappa shape index (κ1) is 28.8. The highest BCUT2D eigenvalue weighted by atomic mass is 32.2. The molecule has 5 rings (SSSR count). The van der Waals surface area contributed by atoms with Gasteiger partial charge >= 0.3 is 0 Å². The highest BCUT2D eigenvalue weighted by Crippen LogP contribution is 2.35. The van der Waals surface area contributed by atoms with Crippen molar-refractivity contribution in [3.63, 3.8) is 0 Å². The molecule has 40 heavy (non-hydrogen) atoms. The number of nitrogens with one attached hydrogen (secondary N) is 2. The molecule has 0 unspecified atom stereocenters. The van der Waals surface area contributed by atoms with Crippen LogP contribution in [0.1, 0.15) is 31.7 Å². The number of ether oxygens (including phenoxy) is 1. The zero-order chi connectivity index (χ0) is 28.3. The topological polar surface area (TPSA) is 146 Å². The highest BCUT2D eigenvalue weighted by molar-refractivity contribution is 7.99. The van der Waals surface area contributed by atoms with Crippen molar-refractivity contribution < 1.29 is 13.2 Å². The summed E-state index contributed by atoms with van der Waals surface area (Å²) in [6, 6.07) is 3.55. The van der Waals surface area contributed by atoms with E-state index in [0.717, 1.165) is 72.6 Å². The Labute approximate surface area is 239 Å². The lowest BCUT2D eigenvalue weighted by atomic mass is 9.87. The molecule has 1 saturated carbocycles. The minimum atomic E-state index is -3.38. The molecule has 1 aliphatic carbocycles. The van der Waals surface area contributed by atoms with E-state index in [0.29, 0.717) is 23.8 Å². The van der Waals surface area contributed by atoms with Gasteiger partial charge < -0.3 is 14.3 Å². The van der Waals surface area contributed by atoms with Gasteiger partial charge in [-0.15, -0.1) is 10.2 Å². The van der Waals surface area contributed by atoms with Crippen LogP contribution in [-0.4, -0.2) is 74.6 Å². The molecule has 15 heteroatoms. The quantitative estimate of drug-likeness (QED) is 0.135. The van der Waals surface area contributed by atoms with Crippen molar-refractivity contribution in [1.29, 1.82) is 0 Å². The molecule has 1 fully saturated rings. The molecule has 0 saturated heterocycles. The third kappa shape index (κ3) is 7.50. The van der Waals surface area contributed by atoms with E-state index in [9.17, 15) is 8.42 Å². The maximum Gasteiger partial charge on any atom is 0.236 e. The van der Waals surface area contributed by atoms with Gasteiger partial charge in [-0.3, -0.25) is 9.40 Å². The lowest BCUT2D eigenvalue weighted by Gasteiger charge is -2.28. The van der Waals surface area contributed by atoms with E-state index in [1.165, 1.54) is 0 Å². The third-order valence-electron chi connectivity index (χ3n) is 7.05. The van der Waals surface area contributed by atoms with Crippen molar-refractivity contribution >= 4 is 46.8 Å². The highest BCUT2D eigenvalue weighted by Gasteiger charge is 2.24. The Morgan fingerprint density at radius 2 is 1.98 bits per heavy atom. The summed E-state index contributed by atoms with van der Waals surface area (Å²) in [5, 5.41) is 14.2. The van der Waals surface area contributed by atoms with Crippen molar-refractivity contribution in [3.05, 3.63) is 31.0 Å². The van der Waals surface area contributed by atoms with Gasteiger partial charge in [-0.05, 0) is 43.7 Å². The number of sulfonamides is 1. The maximum absolute atomic E-state index is 11.3. The molecule has 4 aromatic heterocycles. The lowest BCUT2D eigenvalue weighted by Crippen LogP contribution is -2.22. The van der Waals surface area contributed by atoms with Crippen LogP contribution in [0.15, 0.2) is 36.1 Å². The van der Waals surface area contributed by atoms with Crippen LogP contribution in [0.5, 0.6) is 0 Å². The molecule has 1 aliphatic rings. The molecule has 0 bridgehead atoms. The van der Waals surface area contributed by atoms with Gasteiger partial charge in [0.1, 0.15) is 18.7 Å². The molecule has 2 N–H and O–H groups in total. The van der Waals surface area contributed by atoms with Crippen molar-refractivity contribution in [2.24, 2.45) is 5.92 Å². The van der Waals surface area contributed by atoms with Crippen LogP contribution < -0.4 is 4.72 Å². The molecule has 0 radical (unpaired) electrons. The van der Waals surface area contributed by atoms with E-state index in [4.69, 9.17) is 9.84 Å². The van der Waals surface area contributed by atoms with Crippen LogP contribution in [0.4, 0.5) is 5.95 Å². The van der Waals surface area contributed by atoms with Gasteiger partial charge in [0.05, 0.1) is 24.2 Å². The summed E-state index contributed by atoms with van der Waals surface area (Å²) in [5.74, 6) is 1.61. The Morgan fingerprint density at radius 3 is 2.73 bits per heavy atom. The number of hydrogen-bond donors (Lipinski definition) is 2. The smallest absolute Gasteiger partial charge is 0.236 e. The van der Waals surface area contributed by atoms with Crippen LogP contribution >= 0.6 is 11.8 Å². The zero-order valence-electron chi connectivity index (χ0n) is 23.4. The molecule has 0 spiro atoms. The summed E-state index contributed by atoms with van der Waals surface area (Å²) in [7, 11) is -4.50. The summed E-state index contributed by atoms with van der Waals surface area (Å²) in [6.07, 6.45) is 13.0. The molecule has 0 amide bonds. The summed E-state index contributed by atoms with van der Waals surface area (Å²) >= 11 is 1.57. The van der Waals surface area contributed by atoms with Crippen LogP contribution in [-0.2, 0) is 21.5 Å². The first-order valence-corrected chi connectivity index (χ1v) is 20.1. The standard InChI is InChI=1S/C25H37N9O3S2Si/c1-39(35,36)32-24-29-25(31-30-24)38-15-18-5-7-20(8-6-18)34-14-19(13-28-34)22-21-9-10-33(23(21)27-16-26-22)17-37-11-12-40(2,3)4/h9-10,13-14,16,18,20H,5-8,11-12,15,17H2,1-4H3,(H2,29,30,31,32). The van der Waals surface area contributed by atoms with Crippen molar-refractivity contribution in [3.8, 4) is 11.3 Å². The van der Waals surface area contributed by atoms with Crippen molar-refractivity contribution in [2.75, 3.05) is 23.3 Å². The Balaban J connectivity index is 1.15.